The van der Waals surface area contributed by atoms with Crippen molar-refractivity contribution < 1.29 is 28.5 Å². The van der Waals surface area contributed by atoms with E-state index in [2.05, 4.69) is 10.0 Å². The van der Waals surface area contributed by atoms with Gasteiger partial charge in [0, 0.05) is 43.0 Å². The number of unbranched alkanes of at least 4 members (excludes halogenated alkanes) is 1. The summed E-state index contributed by atoms with van der Waals surface area (Å²) in [5.41, 5.74) is 11.9. The number of nitrogens with zero attached hydrogens (tertiary/aromatic N) is 4. The maximum Gasteiger partial charge on any atom is 0.332 e. The molecule has 1 aromatic heterocycles. The molecule has 0 radical (unpaired) electrons. The third kappa shape index (κ3) is 9.26. The van der Waals surface area contributed by atoms with Crippen LogP contribution in [0, 0.1) is 30.6 Å². The second-order valence-corrected chi connectivity index (χ2v) is 10.8. The number of carbonyl (C=O) groups excluding carboxylic acids is 2. The second-order valence-electron chi connectivity index (χ2n) is 10.8. The van der Waals surface area contributed by atoms with Gasteiger partial charge in [-0.2, -0.15) is 0 Å². The highest BCUT2D eigenvalue weighted by molar-refractivity contribution is 5.75. The van der Waals surface area contributed by atoms with Crippen molar-refractivity contribution in [1.29, 1.82) is 0 Å². The lowest BCUT2D eigenvalue weighted by molar-refractivity contribution is -0.158. The molecule has 10 nitrogen and oxygen atoms in total. The fourth-order valence-electron chi connectivity index (χ4n) is 5.08. The van der Waals surface area contributed by atoms with Gasteiger partial charge in [0.2, 0.25) is 0 Å². The van der Waals surface area contributed by atoms with Crippen LogP contribution in [-0.2, 0) is 35.0 Å². The summed E-state index contributed by atoms with van der Waals surface area (Å²) in [5, 5.41) is 4.06. The summed E-state index contributed by atoms with van der Waals surface area (Å²) in [6, 6.07) is 3.35. The Morgan fingerprint density at radius 2 is 1.95 bits per heavy atom. The molecule has 1 saturated heterocycles. The highest BCUT2D eigenvalue weighted by Gasteiger charge is 2.42. The Labute approximate surface area is 226 Å². The monoisotopic (exact) mass is 532 g/mol. The van der Waals surface area contributed by atoms with Crippen molar-refractivity contribution in [1.82, 2.24) is 4.98 Å². The van der Waals surface area contributed by atoms with E-state index in [0.717, 1.165) is 36.2 Å². The number of rotatable bonds is 16. The first-order valence-electron chi connectivity index (χ1n) is 13.5. The van der Waals surface area contributed by atoms with Gasteiger partial charge in [-0.05, 0) is 74.1 Å². The molecular weight excluding hydrogens is 488 g/mol. The highest BCUT2D eigenvalue weighted by Crippen LogP contribution is 2.39. The van der Waals surface area contributed by atoms with E-state index in [1.54, 1.807) is 7.11 Å². The van der Waals surface area contributed by atoms with Crippen molar-refractivity contribution >= 4 is 11.9 Å². The van der Waals surface area contributed by atoms with Crippen LogP contribution in [0.1, 0.15) is 76.4 Å². The van der Waals surface area contributed by atoms with Crippen LogP contribution in [0.5, 0.6) is 0 Å². The van der Waals surface area contributed by atoms with Crippen LogP contribution in [0.3, 0.4) is 0 Å². The highest BCUT2D eigenvalue weighted by atomic mass is 16.6. The van der Waals surface area contributed by atoms with Gasteiger partial charge >= 0.3 is 11.9 Å². The molecule has 1 aliphatic rings. The van der Waals surface area contributed by atoms with Gasteiger partial charge in [0.25, 0.3) is 0 Å². The van der Waals surface area contributed by atoms with Crippen LogP contribution < -0.4 is 0 Å². The predicted octanol–water partition coefficient (Wildman–Crippen LogP) is 5.52. The Hall–Kier alpha value is -2.68. The molecule has 1 aromatic rings. The normalized spacial score (nSPS) is 19.7. The van der Waals surface area contributed by atoms with Crippen LogP contribution in [0.15, 0.2) is 17.2 Å². The zero-order chi connectivity index (χ0) is 28.2. The smallest absolute Gasteiger partial charge is 0.332 e. The average molecular weight is 533 g/mol. The van der Waals surface area contributed by atoms with E-state index in [1.807, 2.05) is 46.8 Å². The summed E-state index contributed by atoms with van der Waals surface area (Å²) in [4.78, 5) is 32.9. The van der Waals surface area contributed by atoms with E-state index in [4.69, 9.17) is 23.9 Å². The zero-order valence-electron chi connectivity index (χ0n) is 23.9. The molecule has 2 rings (SSSR count). The number of ether oxygens (including phenoxy) is 4. The van der Waals surface area contributed by atoms with Crippen LogP contribution in [-0.4, -0.2) is 56.5 Å². The van der Waals surface area contributed by atoms with Gasteiger partial charge in [0.15, 0.2) is 0 Å². The van der Waals surface area contributed by atoms with Crippen molar-refractivity contribution in [3.05, 3.63) is 39.5 Å². The molecule has 2 heterocycles. The standard InChI is InChI=1S/C28H44N4O6/c1-17(2)22(14-24(31-32-29)25-15-23(18(3)4)28(34)37-25)27(38-26(33)16-36-7)20-12-19(5)30-21(13-20)10-8-9-11-35-6/h12-13,17-18,22-25,27H,8-11,14-16H2,1-7H3. The molecule has 10 heteroatoms. The maximum atomic E-state index is 12.7. The summed E-state index contributed by atoms with van der Waals surface area (Å²) >= 11 is 0. The van der Waals surface area contributed by atoms with E-state index in [9.17, 15) is 15.1 Å². The number of aryl methyl sites for hydroxylation is 2. The quantitative estimate of drug-likeness (QED) is 0.0900. The van der Waals surface area contributed by atoms with Gasteiger partial charge in [-0.1, -0.05) is 32.8 Å². The minimum absolute atomic E-state index is 0.0587. The van der Waals surface area contributed by atoms with E-state index < -0.39 is 24.2 Å². The van der Waals surface area contributed by atoms with Crippen molar-refractivity contribution in [3.63, 3.8) is 0 Å². The fourth-order valence-corrected chi connectivity index (χ4v) is 5.08. The first-order valence-corrected chi connectivity index (χ1v) is 13.5. The SMILES string of the molecule is COCCCCc1cc(C(OC(=O)COC)C(CC(N=[N+]=[N-])C2CC(C(C)C)C(=O)O2)C(C)C)cc(C)n1. The fraction of sp³-hybridized carbons (Fsp3) is 0.750. The van der Waals surface area contributed by atoms with E-state index in [-0.39, 0.29) is 36.2 Å². The van der Waals surface area contributed by atoms with Crippen molar-refractivity contribution in [3.8, 4) is 0 Å². The topological polar surface area (TPSA) is 133 Å². The second kappa shape index (κ2) is 15.7. The van der Waals surface area contributed by atoms with Crippen molar-refractivity contribution in [2.24, 2.45) is 28.8 Å². The third-order valence-electron chi connectivity index (χ3n) is 7.16. The summed E-state index contributed by atoms with van der Waals surface area (Å²) < 4.78 is 21.9. The lowest BCUT2D eigenvalue weighted by Gasteiger charge is -2.33. The van der Waals surface area contributed by atoms with E-state index >= 15 is 0 Å². The maximum absolute atomic E-state index is 12.7. The van der Waals surface area contributed by atoms with Gasteiger partial charge in [-0.3, -0.25) is 9.78 Å². The average Bonchev–Trinajstić information content (AvgIpc) is 3.24. The number of esters is 2. The Balaban J connectivity index is 2.41. The molecule has 38 heavy (non-hydrogen) atoms. The zero-order valence-corrected chi connectivity index (χ0v) is 23.9. The number of pyridine rings is 1. The van der Waals surface area contributed by atoms with E-state index in [1.165, 1.54) is 7.11 Å². The number of carbonyl (C=O) groups is 2. The van der Waals surface area contributed by atoms with E-state index in [0.29, 0.717) is 19.4 Å². The van der Waals surface area contributed by atoms with Gasteiger partial charge in [-0.15, -0.1) is 0 Å². The van der Waals surface area contributed by atoms with Crippen LogP contribution >= 0.6 is 0 Å². The summed E-state index contributed by atoms with van der Waals surface area (Å²) in [6.07, 6.45) is 2.38. The van der Waals surface area contributed by atoms with Gasteiger partial charge in [-0.25, -0.2) is 4.79 Å². The van der Waals surface area contributed by atoms with Gasteiger partial charge < -0.3 is 18.9 Å². The number of hydrogen-bond acceptors (Lipinski definition) is 8. The summed E-state index contributed by atoms with van der Waals surface area (Å²) in [6.45, 7) is 10.5. The third-order valence-corrected chi connectivity index (χ3v) is 7.16. The van der Waals surface area contributed by atoms with Gasteiger partial charge in [0.05, 0.1) is 12.0 Å². The molecule has 0 N–H and O–H groups in total. The van der Waals surface area contributed by atoms with Crippen LogP contribution in [0.4, 0.5) is 0 Å². The Morgan fingerprint density at radius 3 is 2.53 bits per heavy atom. The number of hydrogen-bond donors (Lipinski definition) is 0. The Bertz CT molecular complexity index is 963. The predicted molar refractivity (Wildman–Crippen MR) is 143 cm³/mol. The first-order chi connectivity index (χ1) is 18.1. The molecule has 0 spiro atoms. The molecule has 5 atom stereocenters. The number of azide groups is 1. The van der Waals surface area contributed by atoms with Crippen molar-refractivity contribution in [2.45, 2.75) is 85.0 Å². The lowest BCUT2D eigenvalue weighted by Crippen LogP contribution is -2.33. The minimum Gasteiger partial charge on any atom is -0.462 e. The Kier molecular flexibility index (Phi) is 13.0. The molecule has 0 bridgehead atoms. The van der Waals surface area contributed by atoms with Gasteiger partial charge in [0.1, 0.15) is 18.8 Å². The molecule has 1 aliphatic heterocycles. The molecule has 212 valence electrons. The number of cyclic esters (lactones) is 1. The molecule has 5 unspecified atom stereocenters. The molecular formula is C28H44N4O6. The molecule has 0 saturated carbocycles. The Morgan fingerprint density at radius 1 is 1.21 bits per heavy atom. The summed E-state index contributed by atoms with van der Waals surface area (Å²) in [5.74, 6) is -0.991. The first kappa shape index (κ1) is 31.5. The molecule has 0 aliphatic carbocycles. The van der Waals surface area contributed by atoms with Crippen molar-refractivity contribution in [2.75, 3.05) is 27.4 Å². The number of aromatic nitrogens is 1. The number of methoxy groups -OCH3 is 2. The molecule has 0 aromatic carbocycles. The molecule has 1 fully saturated rings. The van der Waals surface area contributed by atoms with Crippen LogP contribution in [0.2, 0.25) is 0 Å². The van der Waals surface area contributed by atoms with Crippen LogP contribution in [0.25, 0.3) is 10.4 Å². The largest absolute Gasteiger partial charge is 0.462 e. The lowest BCUT2D eigenvalue weighted by atomic mass is 9.79. The summed E-state index contributed by atoms with van der Waals surface area (Å²) in [7, 11) is 3.13. The molecule has 0 amide bonds. The minimum atomic E-state index is -0.619.